The van der Waals surface area contributed by atoms with Gasteiger partial charge in [0.2, 0.25) is 5.89 Å². The molecule has 0 radical (unpaired) electrons. The SMILES string of the molecule is Brc1cccc(C2CN(c3nnc(C4CC4)o3)CCO2)c1. The Morgan fingerprint density at radius 3 is 2.95 bits per heavy atom. The van der Waals surface area contributed by atoms with Crippen molar-refractivity contribution >= 4 is 21.9 Å². The van der Waals surface area contributed by atoms with E-state index in [4.69, 9.17) is 9.15 Å². The Morgan fingerprint density at radius 1 is 1.24 bits per heavy atom. The predicted molar refractivity (Wildman–Crippen MR) is 81.3 cm³/mol. The van der Waals surface area contributed by atoms with Gasteiger partial charge in [0.05, 0.1) is 13.2 Å². The molecule has 2 aliphatic rings. The molecule has 0 N–H and O–H groups in total. The van der Waals surface area contributed by atoms with Crippen molar-refractivity contribution in [2.24, 2.45) is 0 Å². The molecule has 1 unspecified atom stereocenters. The summed E-state index contributed by atoms with van der Waals surface area (Å²) in [6, 6.07) is 8.85. The molecule has 21 heavy (non-hydrogen) atoms. The summed E-state index contributed by atoms with van der Waals surface area (Å²) < 4.78 is 12.7. The van der Waals surface area contributed by atoms with Gasteiger partial charge in [0.25, 0.3) is 0 Å². The van der Waals surface area contributed by atoms with Crippen molar-refractivity contribution in [1.29, 1.82) is 0 Å². The lowest BCUT2D eigenvalue weighted by Crippen LogP contribution is -2.38. The Hall–Kier alpha value is -1.40. The largest absolute Gasteiger partial charge is 0.408 e. The Labute approximate surface area is 131 Å². The Kier molecular flexibility index (Phi) is 3.43. The molecule has 2 aromatic rings. The molecule has 0 amide bonds. The number of morpholine rings is 1. The average Bonchev–Trinajstić information content (AvgIpc) is 3.25. The van der Waals surface area contributed by atoms with Crippen LogP contribution < -0.4 is 4.90 Å². The highest BCUT2D eigenvalue weighted by molar-refractivity contribution is 9.10. The molecule has 0 bridgehead atoms. The highest BCUT2D eigenvalue weighted by Crippen LogP contribution is 2.40. The minimum Gasteiger partial charge on any atom is -0.408 e. The molecule has 0 spiro atoms. The van der Waals surface area contributed by atoms with Gasteiger partial charge in [-0.25, -0.2) is 0 Å². The number of hydrogen-bond acceptors (Lipinski definition) is 5. The maximum absolute atomic E-state index is 5.88. The van der Waals surface area contributed by atoms with Gasteiger partial charge >= 0.3 is 6.01 Å². The summed E-state index contributed by atoms with van der Waals surface area (Å²) in [6.07, 6.45) is 2.38. The summed E-state index contributed by atoms with van der Waals surface area (Å²) in [5.41, 5.74) is 1.16. The molecule has 2 heterocycles. The van der Waals surface area contributed by atoms with E-state index in [0.29, 0.717) is 18.5 Å². The third kappa shape index (κ3) is 2.82. The molecule has 1 saturated carbocycles. The molecule has 1 aliphatic carbocycles. The lowest BCUT2D eigenvalue weighted by atomic mass is 10.1. The first-order chi connectivity index (χ1) is 10.3. The van der Waals surface area contributed by atoms with Crippen LogP contribution in [0.1, 0.15) is 36.3 Å². The minimum absolute atomic E-state index is 0.0347. The zero-order valence-corrected chi connectivity index (χ0v) is 13.1. The number of nitrogens with zero attached hydrogens (tertiary/aromatic N) is 3. The van der Waals surface area contributed by atoms with Gasteiger partial charge in [-0.05, 0) is 30.5 Å². The molecular weight excluding hydrogens is 334 g/mol. The predicted octanol–water partition coefficient (Wildman–Crippen LogP) is 3.29. The van der Waals surface area contributed by atoms with Gasteiger partial charge in [0, 0.05) is 16.9 Å². The van der Waals surface area contributed by atoms with Crippen LogP contribution in [0.25, 0.3) is 0 Å². The summed E-state index contributed by atoms with van der Waals surface area (Å²) in [7, 11) is 0. The lowest BCUT2D eigenvalue weighted by molar-refractivity contribution is 0.0379. The second-order valence-corrected chi connectivity index (χ2v) is 6.47. The van der Waals surface area contributed by atoms with E-state index < -0.39 is 0 Å². The zero-order chi connectivity index (χ0) is 14.2. The molecule has 1 aromatic heterocycles. The number of anilines is 1. The van der Waals surface area contributed by atoms with E-state index in [0.717, 1.165) is 29.0 Å². The van der Waals surface area contributed by atoms with Crippen molar-refractivity contribution in [1.82, 2.24) is 10.2 Å². The summed E-state index contributed by atoms with van der Waals surface area (Å²) in [5, 5.41) is 8.35. The smallest absolute Gasteiger partial charge is 0.318 e. The van der Waals surface area contributed by atoms with Gasteiger partial charge in [0.15, 0.2) is 0 Å². The van der Waals surface area contributed by atoms with Crippen molar-refractivity contribution in [2.45, 2.75) is 24.9 Å². The normalized spacial score (nSPS) is 22.5. The van der Waals surface area contributed by atoms with Gasteiger partial charge in [0.1, 0.15) is 6.10 Å². The van der Waals surface area contributed by atoms with Crippen LogP contribution in [0.4, 0.5) is 6.01 Å². The third-order valence-corrected chi connectivity index (χ3v) is 4.41. The van der Waals surface area contributed by atoms with Gasteiger partial charge in [-0.2, -0.15) is 0 Å². The van der Waals surface area contributed by atoms with Crippen molar-refractivity contribution in [3.8, 4) is 0 Å². The molecule has 4 rings (SSSR count). The topological polar surface area (TPSA) is 51.4 Å². The fourth-order valence-electron chi connectivity index (χ4n) is 2.58. The first-order valence-electron chi connectivity index (χ1n) is 7.25. The second-order valence-electron chi connectivity index (χ2n) is 5.56. The Bertz CT molecular complexity index is 641. The van der Waals surface area contributed by atoms with E-state index in [-0.39, 0.29) is 6.10 Å². The number of hydrogen-bond donors (Lipinski definition) is 0. The van der Waals surface area contributed by atoms with Crippen LogP contribution in [0, 0.1) is 0 Å². The summed E-state index contributed by atoms with van der Waals surface area (Å²) >= 11 is 3.50. The first-order valence-corrected chi connectivity index (χ1v) is 8.04. The minimum atomic E-state index is 0.0347. The standard InChI is InChI=1S/C15H16BrN3O2/c16-12-3-1-2-11(8-12)13-9-19(6-7-20-13)15-18-17-14(21-15)10-4-5-10/h1-3,8,10,13H,4-7,9H2. The number of aromatic nitrogens is 2. The van der Waals surface area contributed by atoms with Crippen LogP contribution in [0.3, 0.4) is 0 Å². The van der Waals surface area contributed by atoms with Crippen LogP contribution in [-0.2, 0) is 4.74 Å². The van der Waals surface area contributed by atoms with Gasteiger partial charge in [-0.15, -0.1) is 5.10 Å². The van der Waals surface area contributed by atoms with Crippen molar-refractivity contribution in [3.63, 3.8) is 0 Å². The Balaban J connectivity index is 1.51. The van der Waals surface area contributed by atoms with E-state index in [1.807, 2.05) is 12.1 Å². The molecule has 6 heteroatoms. The number of ether oxygens (including phenoxy) is 1. The fourth-order valence-corrected chi connectivity index (χ4v) is 3.00. The number of halogens is 1. The van der Waals surface area contributed by atoms with E-state index in [9.17, 15) is 0 Å². The molecule has 1 aromatic carbocycles. The summed E-state index contributed by atoms with van der Waals surface area (Å²) in [4.78, 5) is 2.12. The fraction of sp³-hybridized carbons (Fsp3) is 0.467. The quantitative estimate of drug-likeness (QED) is 0.850. The van der Waals surface area contributed by atoms with E-state index in [1.54, 1.807) is 0 Å². The van der Waals surface area contributed by atoms with Crippen LogP contribution >= 0.6 is 15.9 Å². The summed E-state index contributed by atoms with van der Waals surface area (Å²) in [6.45, 7) is 2.19. The number of benzene rings is 1. The van der Waals surface area contributed by atoms with E-state index in [2.05, 4.69) is 43.2 Å². The number of rotatable bonds is 3. The van der Waals surface area contributed by atoms with Crippen molar-refractivity contribution in [3.05, 3.63) is 40.2 Å². The maximum Gasteiger partial charge on any atom is 0.318 e. The van der Waals surface area contributed by atoms with Gasteiger partial charge < -0.3 is 14.1 Å². The monoisotopic (exact) mass is 349 g/mol. The molecule has 1 saturated heterocycles. The molecule has 5 nitrogen and oxygen atoms in total. The molecule has 1 aliphatic heterocycles. The average molecular weight is 350 g/mol. The second kappa shape index (κ2) is 5.42. The van der Waals surface area contributed by atoms with Gasteiger partial charge in [-0.3, -0.25) is 0 Å². The van der Waals surface area contributed by atoms with Crippen LogP contribution in [0.15, 0.2) is 33.2 Å². The zero-order valence-electron chi connectivity index (χ0n) is 11.5. The summed E-state index contributed by atoms with van der Waals surface area (Å²) in [5.74, 6) is 1.28. The molecule has 2 fully saturated rings. The van der Waals surface area contributed by atoms with Gasteiger partial charge in [-0.1, -0.05) is 33.2 Å². The van der Waals surface area contributed by atoms with Crippen LogP contribution in [0.2, 0.25) is 0 Å². The highest BCUT2D eigenvalue weighted by Gasteiger charge is 2.31. The van der Waals surface area contributed by atoms with Crippen LogP contribution in [0.5, 0.6) is 0 Å². The van der Waals surface area contributed by atoms with E-state index >= 15 is 0 Å². The molecular formula is C15H16BrN3O2. The lowest BCUT2D eigenvalue weighted by Gasteiger charge is -2.31. The highest BCUT2D eigenvalue weighted by atomic mass is 79.9. The first kappa shape index (κ1) is 13.3. The molecule has 1 atom stereocenters. The Morgan fingerprint density at radius 2 is 2.14 bits per heavy atom. The molecule has 110 valence electrons. The van der Waals surface area contributed by atoms with Crippen molar-refractivity contribution < 1.29 is 9.15 Å². The van der Waals surface area contributed by atoms with Crippen molar-refractivity contribution in [2.75, 3.05) is 24.6 Å². The maximum atomic E-state index is 5.88. The van der Waals surface area contributed by atoms with E-state index in [1.165, 1.54) is 12.8 Å². The van der Waals surface area contributed by atoms with Crippen LogP contribution in [-0.4, -0.2) is 29.9 Å². The third-order valence-electron chi connectivity index (χ3n) is 3.91.